The van der Waals surface area contributed by atoms with Crippen molar-refractivity contribution in [3.8, 4) is 0 Å². The zero-order valence-corrected chi connectivity index (χ0v) is 17.8. The molecule has 0 aliphatic carbocycles. The fourth-order valence-electron chi connectivity index (χ4n) is 3.27. The monoisotopic (exact) mass is 443 g/mol. The lowest BCUT2D eigenvalue weighted by Crippen LogP contribution is -2.46. The van der Waals surface area contributed by atoms with Crippen molar-refractivity contribution in [3.05, 3.63) is 53.1 Å². The summed E-state index contributed by atoms with van der Waals surface area (Å²) in [4.78, 5) is 3.98. The fraction of sp³-hybridized carbons (Fsp3) is 0.333. The number of rotatable bonds is 5. The third-order valence-corrected chi connectivity index (χ3v) is 6.94. The van der Waals surface area contributed by atoms with E-state index in [1.165, 1.54) is 12.1 Å². The molecular formula is C18H22ClN3O4S2. The first-order valence-electron chi connectivity index (χ1n) is 8.63. The van der Waals surface area contributed by atoms with Crippen molar-refractivity contribution < 1.29 is 16.8 Å². The SMILES string of the molecule is CS(=O)(=O)c1cc(S(N)(=O)=O)ccc1N1CCN(Cc2cccc(Cl)c2)CC1. The Kier molecular flexibility index (Phi) is 6.02. The summed E-state index contributed by atoms with van der Waals surface area (Å²) < 4.78 is 47.6. The molecule has 0 spiro atoms. The quantitative estimate of drug-likeness (QED) is 0.754. The summed E-state index contributed by atoms with van der Waals surface area (Å²) in [6, 6.07) is 11.7. The van der Waals surface area contributed by atoms with Gasteiger partial charge < -0.3 is 4.90 Å². The van der Waals surface area contributed by atoms with Gasteiger partial charge in [-0.1, -0.05) is 23.7 Å². The first-order chi connectivity index (χ1) is 13.0. The van der Waals surface area contributed by atoms with E-state index in [4.69, 9.17) is 16.7 Å². The Hall–Kier alpha value is -1.65. The second-order valence-corrected chi connectivity index (χ2v) is 10.8. The molecule has 7 nitrogen and oxygen atoms in total. The molecule has 1 heterocycles. The number of benzene rings is 2. The third kappa shape index (κ3) is 5.03. The van der Waals surface area contributed by atoms with Crippen LogP contribution in [0.2, 0.25) is 5.02 Å². The minimum absolute atomic E-state index is 0.0256. The Bertz CT molecular complexity index is 1080. The van der Waals surface area contributed by atoms with Crippen LogP contribution < -0.4 is 10.0 Å². The first-order valence-corrected chi connectivity index (χ1v) is 12.4. The average molecular weight is 444 g/mol. The van der Waals surface area contributed by atoms with Crippen molar-refractivity contribution in [3.63, 3.8) is 0 Å². The van der Waals surface area contributed by atoms with Crippen LogP contribution in [0, 0.1) is 0 Å². The lowest BCUT2D eigenvalue weighted by Gasteiger charge is -2.37. The molecule has 0 atom stereocenters. The largest absolute Gasteiger partial charge is 0.368 e. The third-order valence-electron chi connectivity index (χ3n) is 4.67. The molecule has 3 rings (SSSR count). The van der Waals surface area contributed by atoms with Crippen molar-refractivity contribution in [1.29, 1.82) is 0 Å². The summed E-state index contributed by atoms with van der Waals surface area (Å²) in [5.41, 5.74) is 1.62. The molecule has 0 unspecified atom stereocenters. The molecule has 2 aromatic rings. The Labute approximate surface area is 170 Å². The number of nitrogens with zero attached hydrogens (tertiary/aromatic N) is 2. The number of hydrogen-bond acceptors (Lipinski definition) is 6. The highest BCUT2D eigenvalue weighted by Gasteiger charge is 2.24. The lowest BCUT2D eigenvalue weighted by molar-refractivity contribution is 0.249. The minimum Gasteiger partial charge on any atom is -0.368 e. The van der Waals surface area contributed by atoms with Crippen LogP contribution in [0.3, 0.4) is 0 Å². The highest BCUT2D eigenvalue weighted by atomic mass is 35.5. The Morgan fingerprint density at radius 1 is 1.00 bits per heavy atom. The van der Waals surface area contributed by atoms with Gasteiger partial charge in [0.15, 0.2) is 9.84 Å². The van der Waals surface area contributed by atoms with E-state index in [-0.39, 0.29) is 9.79 Å². The predicted octanol–water partition coefficient (Wildman–Crippen LogP) is 1.71. The molecule has 0 amide bonds. The number of halogens is 1. The van der Waals surface area contributed by atoms with Gasteiger partial charge in [-0.05, 0) is 35.9 Å². The van der Waals surface area contributed by atoms with E-state index in [9.17, 15) is 16.8 Å². The Balaban J connectivity index is 1.78. The average Bonchev–Trinajstić information content (AvgIpc) is 2.60. The molecular weight excluding hydrogens is 422 g/mol. The smallest absolute Gasteiger partial charge is 0.238 e. The molecule has 152 valence electrons. The van der Waals surface area contributed by atoms with Crippen molar-refractivity contribution in [2.75, 3.05) is 37.3 Å². The summed E-state index contributed by atoms with van der Waals surface area (Å²) in [6.45, 7) is 3.49. The van der Waals surface area contributed by atoms with Crippen LogP contribution in [0.4, 0.5) is 5.69 Å². The maximum Gasteiger partial charge on any atom is 0.238 e. The number of sulfone groups is 1. The van der Waals surface area contributed by atoms with Crippen molar-refractivity contribution in [1.82, 2.24) is 4.90 Å². The number of nitrogens with two attached hydrogens (primary N) is 1. The first kappa shape index (κ1) is 21.1. The molecule has 2 aromatic carbocycles. The normalized spacial score (nSPS) is 16.3. The number of primary sulfonamides is 1. The van der Waals surface area contributed by atoms with Gasteiger partial charge in [-0.3, -0.25) is 4.90 Å². The molecule has 0 saturated carbocycles. The maximum atomic E-state index is 12.2. The maximum absolute atomic E-state index is 12.2. The van der Waals surface area contributed by atoms with Gasteiger partial charge in [0.05, 0.1) is 15.5 Å². The van der Waals surface area contributed by atoms with E-state index in [1.807, 2.05) is 29.2 Å². The van der Waals surface area contributed by atoms with E-state index in [0.29, 0.717) is 23.8 Å². The number of piperazine rings is 1. The van der Waals surface area contributed by atoms with E-state index in [1.54, 1.807) is 0 Å². The second kappa shape index (κ2) is 8.00. The van der Waals surface area contributed by atoms with Crippen molar-refractivity contribution in [2.24, 2.45) is 5.14 Å². The van der Waals surface area contributed by atoms with Crippen LogP contribution in [0.1, 0.15) is 5.56 Å². The Morgan fingerprint density at radius 3 is 2.25 bits per heavy atom. The molecule has 0 aromatic heterocycles. The number of sulfonamides is 1. The molecule has 28 heavy (non-hydrogen) atoms. The van der Waals surface area contributed by atoms with E-state index >= 15 is 0 Å². The van der Waals surface area contributed by atoms with Crippen molar-refractivity contribution in [2.45, 2.75) is 16.3 Å². The van der Waals surface area contributed by atoms with Gasteiger partial charge in [-0.25, -0.2) is 22.0 Å². The highest BCUT2D eigenvalue weighted by molar-refractivity contribution is 7.91. The summed E-state index contributed by atoms with van der Waals surface area (Å²) in [6.07, 6.45) is 1.06. The molecule has 0 radical (unpaired) electrons. The molecule has 10 heteroatoms. The van der Waals surface area contributed by atoms with E-state index in [0.717, 1.165) is 37.5 Å². The van der Waals surface area contributed by atoms with Gasteiger partial charge in [-0.2, -0.15) is 0 Å². The topological polar surface area (TPSA) is 101 Å². The lowest BCUT2D eigenvalue weighted by atomic mass is 10.2. The van der Waals surface area contributed by atoms with Gasteiger partial charge in [0.1, 0.15) is 0 Å². The van der Waals surface area contributed by atoms with Gasteiger partial charge in [-0.15, -0.1) is 0 Å². The zero-order valence-electron chi connectivity index (χ0n) is 15.4. The molecule has 1 saturated heterocycles. The summed E-state index contributed by atoms with van der Waals surface area (Å²) in [5.74, 6) is 0. The van der Waals surface area contributed by atoms with Gasteiger partial charge in [0, 0.05) is 44.0 Å². The minimum atomic E-state index is -3.98. The van der Waals surface area contributed by atoms with Crippen LogP contribution in [0.15, 0.2) is 52.3 Å². The van der Waals surface area contributed by atoms with E-state index in [2.05, 4.69) is 4.90 Å². The van der Waals surface area contributed by atoms with Crippen molar-refractivity contribution >= 4 is 37.1 Å². The number of anilines is 1. The van der Waals surface area contributed by atoms with Gasteiger partial charge in [0.25, 0.3) is 0 Å². The van der Waals surface area contributed by atoms with Crippen LogP contribution >= 0.6 is 11.6 Å². The Morgan fingerprint density at radius 2 is 1.68 bits per heavy atom. The van der Waals surface area contributed by atoms with Crippen LogP contribution in [-0.4, -0.2) is 54.2 Å². The molecule has 1 aliphatic rings. The zero-order chi connectivity index (χ0) is 20.5. The molecule has 1 fully saturated rings. The highest BCUT2D eigenvalue weighted by Crippen LogP contribution is 2.29. The standard InChI is InChI=1S/C18H22ClN3O4S2/c1-27(23,24)18-12-16(28(20,25)26)5-6-17(18)22-9-7-21(8-10-22)13-14-3-2-4-15(19)11-14/h2-6,11-12H,7-10,13H2,1H3,(H2,20,25,26). The molecule has 2 N–H and O–H groups in total. The summed E-state index contributed by atoms with van der Waals surface area (Å²) in [7, 11) is -7.60. The van der Waals surface area contributed by atoms with Crippen LogP contribution in [-0.2, 0) is 26.4 Å². The second-order valence-electron chi connectivity index (χ2n) is 6.84. The predicted molar refractivity (Wildman–Crippen MR) is 110 cm³/mol. The van der Waals surface area contributed by atoms with Crippen LogP contribution in [0.25, 0.3) is 0 Å². The van der Waals surface area contributed by atoms with Crippen LogP contribution in [0.5, 0.6) is 0 Å². The summed E-state index contributed by atoms with van der Waals surface area (Å²) in [5, 5.41) is 5.85. The molecule has 1 aliphatic heterocycles. The molecule has 0 bridgehead atoms. The fourth-order valence-corrected chi connectivity index (χ4v) is 5.02. The van der Waals surface area contributed by atoms with E-state index < -0.39 is 19.9 Å². The summed E-state index contributed by atoms with van der Waals surface area (Å²) >= 11 is 6.04. The van der Waals surface area contributed by atoms with Gasteiger partial charge >= 0.3 is 0 Å². The van der Waals surface area contributed by atoms with Gasteiger partial charge in [0.2, 0.25) is 10.0 Å². The number of hydrogen-bond donors (Lipinski definition) is 1.